The lowest BCUT2D eigenvalue weighted by molar-refractivity contribution is -0.137. The van der Waals surface area contributed by atoms with Crippen molar-refractivity contribution in [1.82, 2.24) is 20.2 Å². The highest BCUT2D eigenvalue weighted by molar-refractivity contribution is 9.10. The normalized spacial score (nSPS) is 20.7. The van der Waals surface area contributed by atoms with Gasteiger partial charge in [0.2, 0.25) is 5.91 Å². The SMILES string of the molecule is COC(C)C(NC(=O)O)C(=O)N1CCC[C@H]1c1ncc(Br)[nH]1. The average molecular weight is 375 g/mol. The zero-order chi connectivity index (χ0) is 16.3. The molecule has 0 aliphatic carbocycles. The molecule has 1 aromatic heterocycles. The van der Waals surface area contributed by atoms with Gasteiger partial charge in [0.25, 0.3) is 0 Å². The molecule has 0 aromatic carbocycles. The van der Waals surface area contributed by atoms with E-state index in [1.807, 2.05) is 0 Å². The van der Waals surface area contributed by atoms with Gasteiger partial charge in [0.1, 0.15) is 16.5 Å². The first kappa shape index (κ1) is 16.8. The summed E-state index contributed by atoms with van der Waals surface area (Å²) in [6.07, 6.45) is 1.45. The van der Waals surface area contributed by atoms with E-state index in [0.717, 1.165) is 17.4 Å². The van der Waals surface area contributed by atoms with E-state index < -0.39 is 18.2 Å². The fourth-order valence-electron chi connectivity index (χ4n) is 2.62. The molecule has 1 saturated heterocycles. The summed E-state index contributed by atoms with van der Waals surface area (Å²) in [4.78, 5) is 32.7. The van der Waals surface area contributed by atoms with Crippen LogP contribution in [0.15, 0.2) is 10.8 Å². The lowest BCUT2D eigenvalue weighted by atomic mass is 10.1. The number of rotatable bonds is 5. The molecule has 1 fully saturated rings. The summed E-state index contributed by atoms with van der Waals surface area (Å²) in [7, 11) is 1.44. The summed E-state index contributed by atoms with van der Waals surface area (Å²) in [6.45, 7) is 2.23. The maximum atomic E-state index is 12.7. The first-order valence-corrected chi connectivity index (χ1v) is 7.76. The van der Waals surface area contributed by atoms with E-state index in [2.05, 4.69) is 31.2 Å². The fraction of sp³-hybridized carbons (Fsp3) is 0.615. The van der Waals surface area contributed by atoms with E-state index in [9.17, 15) is 9.59 Å². The quantitative estimate of drug-likeness (QED) is 0.723. The Balaban J connectivity index is 2.19. The number of amides is 2. The summed E-state index contributed by atoms with van der Waals surface area (Å²) >= 11 is 3.30. The number of hydrogen-bond acceptors (Lipinski definition) is 4. The predicted molar refractivity (Wildman–Crippen MR) is 81.4 cm³/mol. The van der Waals surface area contributed by atoms with E-state index in [1.165, 1.54) is 7.11 Å². The third kappa shape index (κ3) is 3.58. The van der Waals surface area contributed by atoms with E-state index in [0.29, 0.717) is 12.4 Å². The molecule has 2 unspecified atom stereocenters. The molecule has 0 saturated carbocycles. The summed E-state index contributed by atoms with van der Waals surface area (Å²) in [5.41, 5.74) is 0. The van der Waals surface area contributed by atoms with Gasteiger partial charge in [-0.1, -0.05) is 0 Å². The summed E-state index contributed by atoms with van der Waals surface area (Å²) < 4.78 is 5.88. The molecule has 0 bridgehead atoms. The number of halogens is 1. The highest BCUT2D eigenvalue weighted by Crippen LogP contribution is 2.31. The van der Waals surface area contributed by atoms with Gasteiger partial charge in [0.05, 0.1) is 18.3 Å². The topological polar surface area (TPSA) is 108 Å². The molecule has 22 heavy (non-hydrogen) atoms. The molecule has 3 N–H and O–H groups in total. The maximum Gasteiger partial charge on any atom is 0.405 e. The molecule has 0 spiro atoms. The van der Waals surface area contributed by atoms with Crippen molar-refractivity contribution in [3.63, 3.8) is 0 Å². The van der Waals surface area contributed by atoms with Crippen molar-refractivity contribution in [2.24, 2.45) is 0 Å². The van der Waals surface area contributed by atoms with Gasteiger partial charge in [0, 0.05) is 13.7 Å². The van der Waals surface area contributed by atoms with Gasteiger partial charge < -0.3 is 25.0 Å². The van der Waals surface area contributed by atoms with Crippen molar-refractivity contribution in [2.75, 3.05) is 13.7 Å². The van der Waals surface area contributed by atoms with Crippen LogP contribution in [0.4, 0.5) is 4.79 Å². The molecule has 2 amide bonds. The monoisotopic (exact) mass is 374 g/mol. The molecule has 1 aliphatic heterocycles. The largest absolute Gasteiger partial charge is 0.465 e. The van der Waals surface area contributed by atoms with Crippen LogP contribution in [0.25, 0.3) is 0 Å². The van der Waals surface area contributed by atoms with Crippen molar-refractivity contribution in [3.8, 4) is 0 Å². The number of nitrogens with one attached hydrogen (secondary N) is 2. The Morgan fingerprint density at radius 3 is 2.91 bits per heavy atom. The van der Waals surface area contributed by atoms with Gasteiger partial charge in [-0.05, 0) is 35.7 Å². The van der Waals surface area contributed by atoms with Crippen LogP contribution in [-0.2, 0) is 9.53 Å². The van der Waals surface area contributed by atoms with E-state index in [-0.39, 0.29) is 11.9 Å². The van der Waals surface area contributed by atoms with E-state index in [1.54, 1.807) is 18.0 Å². The minimum atomic E-state index is -1.25. The van der Waals surface area contributed by atoms with Gasteiger partial charge in [0.15, 0.2) is 0 Å². The minimum absolute atomic E-state index is 0.180. The molecule has 9 heteroatoms. The van der Waals surface area contributed by atoms with Crippen molar-refractivity contribution in [3.05, 3.63) is 16.6 Å². The zero-order valence-corrected chi connectivity index (χ0v) is 14.0. The van der Waals surface area contributed by atoms with Crippen LogP contribution < -0.4 is 5.32 Å². The molecule has 3 atom stereocenters. The average Bonchev–Trinajstić information content (AvgIpc) is 3.11. The first-order valence-electron chi connectivity index (χ1n) is 6.97. The second-order valence-electron chi connectivity index (χ2n) is 5.17. The van der Waals surface area contributed by atoms with Crippen LogP contribution in [0, 0.1) is 0 Å². The summed E-state index contributed by atoms with van der Waals surface area (Å²) in [5, 5.41) is 11.2. The van der Waals surface area contributed by atoms with Crippen LogP contribution in [0.5, 0.6) is 0 Å². The van der Waals surface area contributed by atoms with Gasteiger partial charge in [-0.3, -0.25) is 4.79 Å². The number of aromatic amines is 1. The lowest BCUT2D eigenvalue weighted by Crippen LogP contribution is -2.53. The summed E-state index contributed by atoms with van der Waals surface area (Å²) in [6, 6.07) is -1.12. The van der Waals surface area contributed by atoms with Gasteiger partial charge in [-0.15, -0.1) is 0 Å². The fourth-order valence-corrected chi connectivity index (χ4v) is 2.93. The number of methoxy groups -OCH3 is 1. The molecule has 1 aromatic rings. The predicted octanol–water partition coefficient (Wildman–Crippen LogP) is 1.51. The minimum Gasteiger partial charge on any atom is -0.465 e. The second-order valence-corrected chi connectivity index (χ2v) is 6.03. The molecular weight excluding hydrogens is 356 g/mol. The van der Waals surface area contributed by atoms with Crippen molar-refractivity contribution >= 4 is 27.9 Å². The Morgan fingerprint density at radius 1 is 1.64 bits per heavy atom. The number of likely N-dealkylation sites (tertiary alicyclic amines) is 1. The Kier molecular flexibility index (Phi) is 5.41. The van der Waals surface area contributed by atoms with Crippen LogP contribution in [-0.4, -0.2) is 57.8 Å². The zero-order valence-electron chi connectivity index (χ0n) is 12.4. The number of nitrogens with zero attached hydrogens (tertiary/aromatic N) is 2. The molecular formula is C13H19BrN4O4. The molecule has 1 aliphatic rings. The highest BCUT2D eigenvalue weighted by Gasteiger charge is 2.38. The van der Waals surface area contributed by atoms with Crippen LogP contribution >= 0.6 is 15.9 Å². The van der Waals surface area contributed by atoms with Gasteiger partial charge in [-0.2, -0.15) is 0 Å². The standard InChI is InChI=1S/C13H19BrN4O4/c1-7(22-2)10(17-13(20)21)12(19)18-5-3-4-8(18)11-15-6-9(14)16-11/h6-8,10,17H,3-5H2,1-2H3,(H,15,16)(H,20,21)/t7?,8-,10?/m0/s1. The van der Waals surface area contributed by atoms with E-state index >= 15 is 0 Å². The van der Waals surface area contributed by atoms with Crippen molar-refractivity contribution < 1.29 is 19.4 Å². The van der Waals surface area contributed by atoms with Crippen LogP contribution in [0.1, 0.15) is 31.6 Å². The Labute approximate surface area is 136 Å². The van der Waals surface area contributed by atoms with Crippen molar-refractivity contribution in [1.29, 1.82) is 0 Å². The molecule has 122 valence electrons. The number of carboxylic acid groups (broad SMARTS) is 1. The first-order chi connectivity index (χ1) is 10.4. The molecule has 0 radical (unpaired) electrons. The summed E-state index contributed by atoms with van der Waals surface area (Å²) in [5.74, 6) is 0.392. The number of H-pyrrole nitrogens is 1. The number of aromatic nitrogens is 2. The third-order valence-corrected chi connectivity index (χ3v) is 4.21. The molecule has 2 heterocycles. The molecule has 2 rings (SSSR count). The number of hydrogen-bond donors (Lipinski definition) is 3. The second kappa shape index (κ2) is 7.10. The smallest absolute Gasteiger partial charge is 0.405 e. The van der Waals surface area contributed by atoms with Crippen molar-refractivity contribution in [2.45, 2.75) is 38.0 Å². The Bertz CT molecular complexity index is 550. The van der Waals surface area contributed by atoms with Crippen LogP contribution in [0.3, 0.4) is 0 Å². The van der Waals surface area contributed by atoms with Gasteiger partial charge in [-0.25, -0.2) is 9.78 Å². The van der Waals surface area contributed by atoms with E-state index in [4.69, 9.17) is 9.84 Å². The third-order valence-electron chi connectivity index (χ3n) is 3.80. The number of ether oxygens (including phenoxy) is 1. The highest BCUT2D eigenvalue weighted by atomic mass is 79.9. The number of imidazole rings is 1. The lowest BCUT2D eigenvalue weighted by Gasteiger charge is -2.30. The number of carbonyl (C=O) groups is 2. The molecule has 8 nitrogen and oxygen atoms in total. The van der Waals surface area contributed by atoms with Crippen LogP contribution in [0.2, 0.25) is 0 Å². The van der Waals surface area contributed by atoms with Gasteiger partial charge >= 0.3 is 6.09 Å². The Morgan fingerprint density at radius 2 is 2.36 bits per heavy atom. The maximum absolute atomic E-state index is 12.7. The number of carbonyl (C=O) groups excluding carboxylic acids is 1. The Hall–Kier alpha value is -1.61.